The number of benzene rings is 1. The van der Waals surface area contributed by atoms with Gasteiger partial charge in [0.05, 0.1) is 0 Å². The number of nitrogens with zero attached hydrogens (tertiary/aromatic N) is 1. The second-order valence-corrected chi connectivity index (χ2v) is 8.52. The van der Waals surface area contributed by atoms with Gasteiger partial charge in [-0.05, 0) is 36.3 Å². The maximum atomic E-state index is 12.9. The van der Waals surface area contributed by atoms with Gasteiger partial charge in [-0.1, -0.05) is 44.2 Å². The standard InChI is InChI=1S/C21H31N3O6S/c1-14(2)11-17(23-19(26)16(22-13-25)9-10-31-3)20(27)24(30)18(21(28)29)12-15-7-5-4-6-8-15/h4-8,13-14,16-18,30H,9-12H2,1-3H3,(H,22,25)(H,23,26)(H,28,29)/t16-,17-,18-/m0/s1. The van der Waals surface area contributed by atoms with E-state index >= 15 is 0 Å². The van der Waals surface area contributed by atoms with E-state index in [-0.39, 0.29) is 23.8 Å². The number of carbonyl (C=O) groups excluding carboxylic acids is 3. The van der Waals surface area contributed by atoms with Crippen molar-refractivity contribution in [1.82, 2.24) is 15.7 Å². The molecule has 0 fully saturated rings. The highest BCUT2D eigenvalue weighted by Gasteiger charge is 2.35. The Morgan fingerprint density at radius 1 is 1.16 bits per heavy atom. The molecule has 9 nitrogen and oxygen atoms in total. The van der Waals surface area contributed by atoms with Crippen molar-refractivity contribution in [2.45, 2.75) is 51.2 Å². The topological polar surface area (TPSA) is 136 Å². The molecule has 0 saturated carbocycles. The molecule has 1 aromatic carbocycles. The molecule has 0 unspecified atom stereocenters. The smallest absolute Gasteiger partial charge is 0.329 e. The molecule has 0 spiro atoms. The number of hydroxylamine groups is 2. The number of hydrogen-bond donors (Lipinski definition) is 4. The van der Waals surface area contributed by atoms with E-state index in [1.165, 1.54) is 11.8 Å². The first kappa shape index (κ1) is 26.4. The molecule has 0 heterocycles. The highest BCUT2D eigenvalue weighted by molar-refractivity contribution is 7.98. The lowest BCUT2D eigenvalue weighted by atomic mass is 10.0. The molecule has 0 aromatic heterocycles. The van der Waals surface area contributed by atoms with Crippen LogP contribution in [-0.4, -0.2) is 69.7 Å². The monoisotopic (exact) mass is 453 g/mol. The zero-order chi connectivity index (χ0) is 23.4. The summed E-state index contributed by atoms with van der Waals surface area (Å²) in [5.74, 6) is -2.26. The van der Waals surface area contributed by atoms with Crippen molar-refractivity contribution < 1.29 is 29.5 Å². The summed E-state index contributed by atoms with van der Waals surface area (Å²) in [6.07, 6.45) is 2.74. The van der Waals surface area contributed by atoms with Crippen molar-refractivity contribution >= 4 is 36.0 Å². The molecule has 10 heteroatoms. The van der Waals surface area contributed by atoms with Crippen LogP contribution in [0.5, 0.6) is 0 Å². The number of amides is 3. The van der Waals surface area contributed by atoms with Crippen LogP contribution in [0.2, 0.25) is 0 Å². The Hall–Kier alpha value is -2.59. The SMILES string of the molecule is CSCC[C@H](NC=O)C(=O)N[C@@H](CC(C)C)C(=O)N(O)[C@@H](Cc1ccccc1)C(=O)O. The zero-order valence-electron chi connectivity index (χ0n) is 18.0. The van der Waals surface area contributed by atoms with Crippen LogP contribution < -0.4 is 10.6 Å². The maximum Gasteiger partial charge on any atom is 0.329 e. The van der Waals surface area contributed by atoms with Gasteiger partial charge in [0.2, 0.25) is 12.3 Å². The molecule has 3 atom stereocenters. The lowest BCUT2D eigenvalue weighted by molar-refractivity contribution is -0.188. The molecular formula is C21H31N3O6S. The number of rotatable bonds is 14. The van der Waals surface area contributed by atoms with Crippen LogP contribution in [0.25, 0.3) is 0 Å². The summed E-state index contributed by atoms with van der Waals surface area (Å²) in [6, 6.07) is 5.15. The Labute approximate surface area is 186 Å². The van der Waals surface area contributed by atoms with Crippen LogP contribution in [0.3, 0.4) is 0 Å². The molecule has 1 aromatic rings. The third-order valence-corrected chi connectivity index (χ3v) is 5.24. The fourth-order valence-corrected chi connectivity index (χ4v) is 3.47. The van der Waals surface area contributed by atoms with Crippen molar-refractivity contribution in [3.05, 3.63) is 35.9 Å². The van der Waals surface area contributed by atoms with Crippen LogP contribution >= 0.6 is 11.8 Å². The van der Waals surface area contributed by atoms with E-state index in [0.717, 1.165) is 0 Å². The van der Waals surface area contributed by atoms with E-state index in [9.17, 15) is 29.5 Å². The van der Waals surface area contributed by atoms with E-state index in [4.69, 9.17) is 0 Å². The first-order chi connectivity index (χ1) is 14.7. The summed E-state index contributed by atoms with van der Waals surface area (Å²) in [5, 5.41) is 25.2. The van der Waals surface area contributed by atoms with Gasteiger partial charge in [-0.2, -0.15) is 11.8 Å². The molecular weight excluding hydrogens is 422 g/mol. The van der Waals surface area contributed by atoms with Crippen molar-refractivity contribution in [3.8, 4) is 0 Å². The number of nitrogens with one attached hydrogen (secondary N) is 2. The summed E-state index contributed by atoms with van der Waals surface area (Å²) < 4.78 is 0. The van der Waals surface area contributed by atoms with Crippen LogP contribution in [0.4, 0.5) is 0 Å². The number of thioether (sulfide) groups is 1. The molecule has 4 N–H and O–H groups in total. The van der Waals surface area contributed by atoms with E-state index in [0.29, 0.717) is 24.1 Å². The third kappa shape index (κ3) is 8.97. The van der Waals surface area contributed by atoms with Gasteiger partial charge in [-0.25, -0.2) is 9.86 Å². The fraction of sp³-hybridized carbons (Fsp3) is 0.524. The van der Waals surface area contributed by atoms with Gasteiger partial charge < -0.3 is 15.7 Å². The molecule has 3 amide bonds. The lowest BCUT2D eigenvalue weighted by Crippen LogP contribution is -2.56. The molecule has 0 radical (unpaired) electrons. The molecule has 0 bridgehead atoms. The van der Waals surface area contributed by atoms with Crippen molar-refractivity contribution in [3.63, 3.8) is 0 Å². The molecule has 1 rings (SSSR count). The summed E-state index contributed by atoms with van der Waals surface area (Å²) in [5.41, 5.74) is 0.638. The van der Waals surface area contributed by atoms with Gasteiger partial charge in [-0.3, -0.25) is 19.6 Å². The average molecular weight is 454 g/mol. The van der Waals surface area contributed by atoms with Gasteiger partial charge in [-0.15, -0.1) is 0 Å². The predicted octanol–water partition coefficient (Wildman–Crippen LogP) is 1.30. The van der Waals surface area contributed by atoms with E-state index in [2.05, 4.69) is 10.6 Å². The van der Waals surface area contributed by atoms with Gasteiger partial charge in [0.25, 0.3) is 5.91 Å². The van der Waals surface area contributed by atoms with Crippen molar-refractivity contribution in [2.75, 3.05) is 12.0 Å². The highest BCUT2D eigenvalue weighted by atomic mass is 32.2. The first-order valence-electron chi connectivity index (χ1n) is 9.98. The van der Waals surface area contributed by atoms with E-state index in [1.54, 1.807) is 30.3 Å². The number of carboxylic acid groups (broad SMARTS) is 1. The Morgan fingerprint density at radius 2 is 1.81 bits per heavy atom. The highest BCUT2D eigenvalue weighted by Crippen LogP contribution is 2.14. The quantitative estimate of drug-likeness (QED) is 0.189. The lowest BCUT2D eigenvalue weighted by Gasteiger charge is -2.29. The second-order valence-electron chi connectivity index (χ2n) is 7.54. The number of hydrogen-bond acceptors (Lipinski definition) is 6. The Kier molecular flexibility index (Phi) is 11.7. The molecule has 0 aliphatic carbocycles. The third-order valence-electron chi connectivity index (χ3n) is 4.60. The number of aliphatic carboxylic acids is 1. The minimum Gasteiger partial charge on any atom is -0.480 e. The summed E-state index contributed by atoms with van der Waals surface area (Å²) >= 11 is 1.51. The summed E-state index contributed by atoms with van der Waals surface area (Å²) in [6.45, 7) is 3.67. The van der Waals surface area contributed by atoms with Crippen LogP contribution in [0.1, 0.15) is 32.3 Å². The fourth-order valence-electron chi connectivity index (χ4n) is 3.00. The maximum absolute atomic E-state index is 12.9. The minimum absolute atomic E-state index is 0.0243. The van der Waals surface area contributed by atoms with Gasteiger partial charge in [0, 0.05) is 6.42 Å². The first-order valence-corrected chi connectivity index (χ1v) is 11.4. The molecule has 0 aliphatic heterocycles. The van der Waals surface area contributed by atoms with Crippen LogP contribution in [-0.2, 0) is 25.6 Å². The molecule has 172 valence electrons. The summed E-state index contributed by atoms with van der Waals surface area (Å²) in [7, 11) is 0. The largest absolute Gasteiger partial charge is 0.480 e. The predicted molar refractivity (Wildman–Crippen MR) is 118 cm³/mol. The van der Waals surface area contributed by atoms with Gasteiger partial charge >= 0.3 is 5.97 Å². The van der Waals surface area contributed by atoms with Gasteiger partial charge in [0.15, 0.2) is 6.04 Å². The Balaban J connectivity index is 3.01. The second kappa shape index (κ2) is 13.7. The average Bonchev–Trinajstić information content (AvgIpc) is 2.73. The summed E-state index contributed by atoms with van der Waals surface area (Å²) in [4.78, 5) is 48.2. The molecule has 31 heavy (non-hydrogen) atoms. The Morgan fingerprint density at radius 3 is 2.32 bits per heavy atom. The number of carboxylic acids is 1. The number of carbonyl (C=O) groups is 4. The minimum atomic E-state index is -1.51. The normalized spacial score (nSPS) is 13.7. The van der Waals surface area contributed by atoms with Crippen LogP contribution in [0.15, 0.2) is 30.3 Å². The van der Waals surface area contributed by atoms with E-state index < -0.39 is 35.9 Å². The van der Waals surface area contributed by atoms with Crippen molar-refractivity contribution in [1.29, 1.82) is 0 Å². The van der Waals surface area contributed by atoms with Gasteiger partial charge in [0.1, 0.15) is 12.1 Å². The molecule has 0 saturated heterocycles. The van der Waals surface area contributed by atoms with Crippen LogP contribution in [0, 0.1) is 5.92 Å². The van der Waals surface area contributed by atoms with Crippen molar-refractivity contribution in [2.24, 2.45) is 5.92 Å². The van der Waals surface area contributed by atoms with E-state index in [1.807, 2.05) is 20.1 Å². The zero-order valence-corrected chi connectivity index (χ0v) is 18.8. The Bertz CT molecular complexity index is 731. The molecule has 0 aliphatic rings.